The van der Waals surface area contributed by atoms with E-state index in [-0.39, 0.29) is 12.2 Å². The number of fused-ring (bicyclic) bond motifs is 1. The summed E-state index contributed by atoms with van der Waals surface area (Å²) in [5.41, 5.74) is 1.40. The third-order valence-corrected chi connectivity index (χ3v) is 2.11. The second-order valence-electron chi connectivity index (χ2n) is 3.03. The van der Waals surface area contributed by atoms with Crippen LogP contribution in [0, 0.1) is 0 Å². The number of rotatable bonds is 2. The van der Waals surface area contributed by atoms with Crippen LogP contribution in [0.3, 0.4) is 0 Å². The zero-order valence-corrected chi connectivity index (χ0v) is 7.32. The van der Waals surface area contributed by atoms with Crippen LogP contribution in [-0.2, 0) is 6.61 Å². The fourth-order valence-corrected chi connectivity index (χ4v) is 1.48. The summed E-state index contributed by atoms with van der Waals surface area (Å²) in [5.74, 6) is -0.970. The van der Waals surface area contributed by atoms with E-state index in [1.165, 1.54) is 6.07 Å². The molecule has 14 heavy (non-hydrogen) atoms. The maximum Gasteiger partial charge on any atom is 0.337 e. The van der Waals surface area contributed by atoms with E-state index < -0.39 is 5.97 Å². The number of aliphatic hydroxyl groups is 1. The van der Waals surface area contributed by atoms with Gasteiger partial charge in [0, 0.05) is 11.1 Å². The highest BCUT2D eigenvalue weighted by Crippen LogP contribution is 2.19. The molecule has 4 nitrogen and oxygen atoms in total. The lowest BCUT2D eigenvalue weighted by molar-refractivity contribution is 0.0699. The molecule has 0 radical (unpaired) electrons. The van der Waals surface area contributed by atoms with Gasteiger partial charge in [0.05, 0.1) is 17.7 Å². The number of carboxylic acid groups (broad SMARTS) is 1. The quantitative estimate of drug-likeness (QED) is 0.671. The van der Waals surface area contributed by atoms with Crippen LogP contribution in [0.25, 0.3) is 10.9 Å². The molecule has 72 valence electrons. The molecule has 1 aromatic heterocycles. The van der Waals surface area contributed by atoms with Crippen LogP contribution in [0.4, 0.5) is 0 Å². The van der Waals surface area contributed by atoms with Crippen molar-refractivity contribution in [3.63, 3.8) is 0 Å². The molecule has 0 fully saturated rings. The van der Waals surface area contributed by atoms with Gasteiger partial charge in [-0.25, -0.2) is 4.79 Å². The minimum atomic E-state index is -0.970. The van der Waals surface area contributed by atoms with Crippen LogP contribution in [0.2, 0.25) is 0 Å². The Balaban J connectivity index is 2.73. The molecular formula is C10H9NO3. The average molecular weight is 191 g/mol. The third kappa shape index (κ3) is 1.25. The SMILES string of the molecule is O=C(O)c1cccc2cc(CO)[nH]c12. The summed E-state index contributed by atoms with van der Waals surface area (Å²) in [6, 6.07) is 6.75. The van der Waals surface area contributed by atoms with E-state index >= 15 is 0 Å². The molecule has 0 amide bonds. The molecule has 3 N–H and O–H groups in total. The number of H-pyrrole nitrogens is 1. The summed E-state index contributed by atoms with van der Waals surface area (Å²) < 4.78 is 0. The molecule has 2 aromatic rings. The van der Waals surface area contributed by atoms with Crippen molar-refractivity contribution in [2.45, 2.75) is 6.61 Å². The van der Waals surface area contributed by atoms with Crippen LogP contribution >= 0.6 is 0 Å². The van der Waals surface area contributed by atoms with Crippen molar-refractivity contribution in [1.29, 1.82) is 0 Å². The van der Waals surface area contributed by atoms with E-state index in [1.807, 2.05) is 0 Å². The van der Waals surface area contributed by atoms with Gasteiger partial charge in [-0.3, -0.25) is 0 Å². The highest BCUT2D eigenvalue weighted by Gasteiger charge is 2.09. The minimum Gasteiger partial charge on any atom is -0.478 e. The van der Waals surface area contributed by atoms with Crippen molar-refractivity contribution >= 4 is 16.9 Å². The van der Waals surface area contributed by atoms with Crippen molar-refractivity contribution in [2.75, 3.05) is 0 Å². The van der Waals surface area contributed by atoms with Crippen LogP contribution in [-0.4, -0.2) is 21.2 Å². The topological polar surface area (TPSA) is 73.3 Å². The van der Waals surface area contributed by atoms with Gasteiger partial charge >= 0.3 is 5.97 Å². The fourth-order valence-electron chi connectivity index (χ4n) is 1.48. The monoisotopic (exact) mass is 191 g/mol. The lowest BCUT2D eigenvalue weighted by atomic mass is 10.1. The lowest BCUT2D eigenvalue weighted by Crippen LogP contribution is -1.96. The third-order valence-electron chi connectivity index (χ3n) is 2.11. The molecule has 1 heterocycles. The van der Waals surface area contributed by atoms with Crippen molar-refractivity contribution in [3.8, 4) is 0 Å². The maximum absolute atomic E-state index is 10.8. The second kappa shape index (κ2) is 3.16. The summed E-state index contributed by atoms with van der Waals surface area (Å²) in [5, 5.41) is 18.6. The Morgan fingerprint density at radius 2 is 2.21 bits per heavy atom. The number of carboxylic acids is 1. The molecule has 0 unspecified atom stereocenters. The molecule has 0 bridgehead atoms. The number of aromatic carboxylic acids is 1. The number of nitrogens with one attached hydrogen (secondary N) is 1. The first-order chi connectivity index (χ1) is 6.72. The zero-order chi connectivity index (χ0) is 10.1. The van der Waals surface area contributed by atoms with Crippen molar-refractivity contribution in [2.24, 2.45) is 0 Å². The Morgan fingerprint density at radius 3 is 2.86 bits per heavy atom. The highest BCUT2D eigenvalue weighted by molar-refractivity contribution is 6.02. The van der Waals surface area contributed by atoms with E-state index in [2.05, 4.69) is 4.98 Å². The summed E-state index contributed by atoms with van der Waals surface area (Å²) >= 11 is 0. The van der Waals surface area contributed by atoms with Crippen LogP contribution in [0.1, 0.15) is 16.1 Å². The summed E-state index contributed by atoms with van der Waals surface area (Å²) in [6.07, 6.45) is 0. The summed E-state index contributed by atoms with van der Waals surface area (Å²) in [7, 11) is 0. The van der Waals surface area contributed by atoms with Gasteiger partial charge in [0.15, 0.2) is 0 Å². The van der Waals surface area contributed by atoms with Gasteiger partial charge in [-0.15, -0.1) is 0 Å². The molecule has 0 spiro atoms. The summed E-state index contributed by atoms with van der Waals surface area (Å²) in [6.45, 7) is -0.117. The van der Waals surface area contributed by atoms with Gasteiger partial charge in [-0.05, 0) is 12.1 Å². The van der Waals surface area contributed by atoms with Crippen molar-refractivity contribution in [3.05, 3.63) is 35.5 Å². The first kappa shape index (κ1) is 8.77. The largest absolute Gasteiger partial charge is 0.478 e. The van der Waals surface area contributed by atoms with Gasteiger partial charge in [0.25, 0.3) is 0 Å². The van der Waals surface area contributed by atoms with Crippen LogP contribution < -0.4 is 0 Å². The number of aromatic nitrogens is 1. The first-order valence-corrected chi connectivity index (χ1v) is 4.17. The van der Waals surface area contributed by atoms with Crippen molar-refractivity contribution < 1.29 is 15.0 Å². The number of hydrogen-bond acceptors (Lipinski definition) is 2. The molecule has 4 heteroatoms. The predicted molar refractivity (Wildman–Crippen MR) is 51.2 cm³/mol. The number of hydrogen-bond donors (Lipinski definition) is 3. The Kier molecular flexibility index (Phi) is 1.98. The lowest BCUT2D eigenvalue weighted by Gasteiger charge is -1.95. The van der Waals surface area contributed by atoms with Gasteiger partial charge < -0.3 is 15.2 Å². The standard InChI is InChI=1S/C10H9NO3/c12-5-7-4-6-2-1-3-8(10(13)14)9(6)11-7/h1-4,11-12H,5H2,(H,13,14). The molecule has 0 aliphatic heterocycles. The Morgan fingerprint density at radius 1 is 1.43 bits per heavy atom. The van der Waals surface area contributed by atoms with E-state index in [4.69, 9.17) is 10.2 Å². The molecule has 2 rings (SSSR count). The molecule has 0 saturated heterocycles. The Labute approximate surface area is 79.8 Å². The number of aliphatic hydroxyl groups excluding tert-OH is 1. The Hall–Kier alpha value is -1.81. The fraction of sp³-hybridized carbons (Fsp3) is 0.100. The minimum absolute atomic E-state index is 0.117. The van der Waals surface area contributed by atoms with Crippen molar-refractivity contribution in [1.82, 2.24) is 4.98 Å². The number of carbonyl (C=O) groups is 1. The smallest absolute Gasteiger partial charge is 0.337 e. The zero-order valence-electron chi connectivity index (χ0n) is 7.32. The van der Waals surface area contributed by atoms with E-state index in [0.717, 1.165) is 5.39 Å². The second-order valence-corrected chi connectivity index (χ2v) is 3.03. The van der Waals surface area contributed by atoms with Gasteiger partial charge in [-0.2, -0.15) is 0 Å². The van der Waals surface area contributed by atoms with Gasteiger partial charge in [0.2, 0.25) is 0 Å². The van der Waals surface area contributed by atoms with Gasteiger partial charge in [-0.1, -0.05) is 12.1 Å². The van der Waals surface area contributed by atoms with E-state index in [9.17, 15) is 4.79 Å². The predicted octanol–water partition coefficient (Wildman–Crippen LogP) is 1.36. The van der Waals surface area contributed by atoms with Gasteiger partial charge in [0.1, 0.15) is 0 Å². The number of benzene rings is 1. The van der Waals surface area contributed by atoms with Crippen LogP contribution in [0.15, 0.2) is 24.3 Å². The maximum atomic E-state index is 10.8. The highest BCUT2D eigenvalue weighted by atomic mass is 16.4. The normalized spacial score (nSPS) is 10.6. The van der Waals surface area contributed by atoms with E-state index in [1.54, 1.807) is 18.2 Å². The van der Waals surface area contributed by atoms with Crippen LogP contribution in [0.5, 0.6) is 0 Å². The summed E-state index contributed by atoms with van der Waals surface area (Å²) in [4.78, 5) is 13.7. The molecule has 0 saturated carbocycles. The molecular weight excluding hydrogens is 182 g/mol. The average Bonchev–Trinajstić information content (AvgIpc) is 2.59. The first-order valence-electron chi connectivity index (χ1n) is 4.17. The molecule has 1 aromatic carbocycles. The number of para-hydroxylation sites is 1. The van der Waals surface area contributed by atoms with E-state index in [0.29, 0.717) is 11.2 Å². The Bertz CT molecular complexity index is 487. The molecule has 0 atom stereocenters. The number of aromatic amines is 1. The molecule has 0 aliphatic carbocycles. The molecule has 0 aliphatic rings.